The van der Waals surface area contributed by atoms with Crippen molar-refractivity contribution in [3.8, 4) is 44.9 Å². The molecule has 4 fully saturated rings. The topological polar surface area (TPSA) is 9.23 Å². The monoisotopic (exact) mass is 694 g/mol. The molecule has 7 aromatic rings. The molecule has 0 saturated heterocycles. The third-order valence-electron chi connectivity index (χ3n) is 14.4. The lowest BCUT2D eigenvalue weighted by Gasteiger charge is -2.61. The highest BCUT2D eigenvalue weighted by atomic mass is 16.5. The largest absolute Gasteiger partial charge is 0.457 e. The van der Waals surface area contributed by atoms with Gasteiger partial charge in [0.15, 0.2) is 0 Å². The van der Waals surface area contributed by atoms with Gasteiger partial charge in [-0.15, -0.1) is 0 Å². The standard InChI is InChI=1S/C53H42O/c1-3-11-40(12-4-1)52(41-13-5-2-6-14-41)47-17-9-10-18-50(47)54-51-26-24-39(33-49(51)52)37-21-19-36(20-22-37)38-23-25-45-44-15-7-8-16-46(44)53(48(45)32-38)42-28-34-27-35(30-42)31-43(53)29-34/h1-26,32-35,42-43H,27-31H2. The predicted octanol–water partition coefficient (Wildman–Crippen LogP) is 13.2. The molecule has 5 aliphatic carbocycles. The quantitative estimate of drug-likeness (QED) is 0.178. The second kappa shape index (κ2) is 11.4. The van der Waals surface area contributed by atoms with Crippen LogP contribution in [0.2, 0.25) is 0 Å². The molecule has 1 nitrogen and oxygen atoms in total. The van der Waals surface area contributed by atoms with Crippen LogP contribution in [-0.4, -0.2) is 0 Å². The van der Waals surface area contributed by atoms with E-state index in [9.17, 15) is 0 Å². The van der Waals surface area contributed by atoms with Crippen LogP contribution >= 0.6 is 0 Å². The lowest BCUT2D eigenvalue weighted by molar-refractivity contribution is -0.0399. The predicted molar refractivity (Wildman–Crippen MR) is 219 cm³/mol. The summed E-state index contributed by atoms with van der Waals surface area (Å²) in [6.45, 7) is 0. The van der Waals surface area contributed by atoms with Gasteiger partial charge in [-0.1, -0.05) is 146 Å². The Balaban J connectivity index is 0.965. The first-order chi connectivity index (χ1) is 26.7. The minimum Gasteiger partial charge on any atom is -0.457 e. The van der Waals surface area contributed by atoms with Crippen LogP contribution in [0.25, 0.3) is 33.4 Å². The fourth-order valence-electron chi connectivity index (χ4n) is 12.6. The second-order valence-corrected chi connectivity index (χ2v) is 16.8. The van der Waals surface area contributed by atoms with Crippen molar-refractivity contribution >= 4 is 0 Å². The van der Waals surface area contributed by atoms with Gasteiger partial charge in [0.25, 0.3) is 0 Å². The van der Waals surface area contributed by atoms with E-state index in [1.807, 2.05) is 0 Å². The molecule has 7 aromatic carbocycles. The molecule has 1 heteroatoms. The fraction of sp³-hybridized carbons (Fsp3) is 0.208. The van der Waals surface area contributed by atoms with Gasteiger partial charge in [0.1, 0.15) is 11.5 Å². The summed E-state index contributed by atoms with van der Waals surface area (Å²) in [6, 6.07) is 63.4. The number of para-hydroxylation sites is 1. The Labute approximate surface area is 318 Å². The van der Waals surface area contributed by atoms with E-state index in [4.69, 9.17) is 4.74 Å². The molecule has 4 bridgehead atoms. The zero-order chi connectivity index (χ0) is 35.4. The van der Waals surface area contributed by atoms with Gasteiger partial charge in [-0.05, 0) is 136 Å². The lowest BCUT2D eigenvalue weighted by atomic mass is 9.43. The number of fused-ring (bicyclic) bond motifs is 5. The minimum absolute atomic E-state index is 0.184. The third kappa shape index (κ3) is 4.10. The Morgan fingerprint density at radius 3 is 1.50 bits per heavy atom. The van der Waals surface area contributed by atoms with E-state index in [0.717, 1.165) is 40.7 Å². The molecule has 4 saturated carbocycles. The molecule has 54 heavy (non-hydrogen) atoms. The average molecular weight is 695 g/mol. The van der Waals surface area contributed by atoms with E-state index >= 15 is 0 Å². The van der Waals surface area contributed by atoms with Gasteiger partial charge < -0.3 is 4.74 Å². The normalized spacial score (nSPS) is 24.7. The maximum absolute atomic E-state index is 6.69. The van der Waals surface area contributed by atoms with Crippen molar-refractivity contribution in [2.45, 2.75) is 42.9 Å². The number of benzene rings is 7. The third-order valence-corrected chi connectivity index (χ3v) is 14.4. The van der Waals surface area contributed by atoms with E-state index < -0.39 is 5.41 Å². The smallest absolute Gasteiger partial charge is 0.132 e. The number of hydrogen-bond donors (Lipinski definition) is 0. The van der Waals surface area contributed by atoms with Crippen molar-refractivity contribution in [3.05, 3.63) is 203 Å². The molecule has 0 radical (unpaired) electrons. The number of ether oxygens (including phenoxy) is 1. The van der Waals surface area contributed by atoms with Crippen molar-refractivity contribution in [1.82, 2.24) is 0 Å². The first kappa shape index (κ1) is 30.8. The summed E-state index contributed by atoms with van der Waals surface area (Å²) < 4.78 is 6.69. The first-order valence-electron chi connectivity index (χ1n) is 20.1. The van der Waals surface area contributed by atoms with Crippen LogP contribution in [0, 0.1) is 23.7 Å². The molecule has 1 aliphatic heterocycles. The molecular formula is C53H42O. The Morgan fingerprint density at radius 2 is 0.852 bits per heavy atom. The van der Waals surface area contributed by atoms with Crippen LogP contribution in [0.1, 0.15) is 65.5 Å². The summed E-state index contributed by atoms with van der Waals surface area (Å²) in [5.74, 6) is 5.24. The Kier molecular flexibility index (Phi) is 6.51. The van der Waals surface area contributed by atoms with Crippen LogP contribution in [0.4, 0.5) is 0 Å². The van der Waals surface area contributed by atoms with E-state index in [1.165, 1.54) is 82.2 Å². The zero-order valence-corrected chi connectivity index (χ0v) is 30.4. The molecule has 0 N–H and O–H groups in total. The van der Waals surface area contributed by atoms with Crippen LogP contribution in [-0.2, 0) is 10.8 Å². The number of hydrogen-bond acceptors (Lipinski definition) is 1. The maximum Gasteiger partial charge on any atom is 0.132 e. The lowest BCUT2D eigenvalue weighted by Crippen LogP contribution is -2.55. The minimum atomic E-state index is -0.529. The summed E-state index contributed by atoms with van der Waals surface area (Å²) in [4.78, 5) is 0. The van der Waals surface area contributed by atoms with Crippen LogP contribution in [0.15, 0.2) is 170 Å². The van der Waals surface area contributed by atoms with Gasteiger partial charge in [0, 0.05) is 16.5 Å². The van der Waals surface area contributed by atoms with Gasteiger partial charge in [-0.3, -0.25) is 0 Å². The van der Waals surface area contributed by atoms with Gasteiger partial charge in [0.05, 0.1) is 5.41 Å². The average Bonchev–Trinajstić information content (AvgIpc) is 3.52. The van der Waals surface area contributed by atoms with Crippen LogP contribution < -0.4 is 4.74 Å². The van der Waals surface area contributed by atoms with Crippen molar-refractivity contribution in [3.63, 3.8) is 0 Å². The van der Waals surface area contributed by atoms with Crippen molar-refractivity contribution < 1.29 is 4.74 Å². The second-order valence-electron chi connectivity index (χ2n) is 16.8. The highest BCUT2D eigenvalue weighted by Crippen LogP contribution is 2.69. The summed E-state index contributed by atoms with van der Waals surface area (Å²) >= 11 is 0. The SMILES string of the molecule is c1ccc(C2(c3ccccc3)c3ccccc3Oc3ccc(-c4ccc(-c5ccc6c(c5)C5(c7ccccc7-6)C6CC7CC(C6)CC5C7)cc4)cc32)cc1. The van der Waals surface area contributed by atoms with E-state index in [1.54, 1.807) is 11.1 Å². The molecular weight excluding hydrogens is 653 g/mol. The Hall–Kier alpha value is -5.66. The highest BCUT2D eigenvalue weighted by Gasteiger charge is 2.61. The van der Waals surface area contributed by atoms with E-state index in [2.05, 4.69) is 170 Å². The van der Waals surface area contributed by atoms with E-state index in [0.29, 0.717) is 0 Å². The maximum atomic E-state index is 6.69. The molecule has 0 atom stereocenters. The molecule has 0 amide bonds. The molecule has 0 aromatic heterocycles. The molecule has 13 rings (SSSR count). The molecule has 0 unspecified atom stereocenters. The molecule has 1 spiro atoms. The Bertz CT molecular complexity index is 2510. The van der Waals surface area contributed by atoms with Crippen molar-refractivity contribution in [2.24, 2.45) is 23.7 Å². The van der Waals surface area contributed by atoms with Crippen LogP contribution in [0.5, 0.6) is 11.5 Å². The summed E-state index contributed by atoms with van der Waals surface area (Å²) in [7, 11) is 0. The van der Waals surface area contributed by atoms with Gasteiger partial charge in [-0.25, -0.2) is 0 Å². The van der Waals surface area contributed by atoms with Gasteiger partial charge in [-0.2, -0.15) is 0 Å². The van der Waals surface area contributed by atoms with Crippen molar-refractivity contribution in [2.75, 3.05) is 0 Å². The highest BCUT2D eigenvalue weighted by molar-refractivity contribution is 5.85. The van der Waals surface area contributed by atoms with Crippen LogP contribution in [0.3, 0.4) is 0 Å². The van der Waals surface area contributed by atoms with Gasteiger partial charge in [0.2, 0.25) is 0 Å². The first-order valence-corrected chi connectivity index (χ1v) is 20.1. The van der Waals surface area contributed by atoms with Gasteiger partial charge >= 0.3 is 0 Å². The summed E-state index contributed by atoms with van der Waals surface area (Å²) in [5.41, 5.74) is 15.7. The molecule has 6 aliphatic rings. The van der Waals surface area contributed by atoms with E-state index in [-0.39, 0.29) is 5.41 Å². The number of rotatable bonds is 4. The molecule has 260 valence electrons. The molecule has 1 heterocycles. The summed E-state index contributed by atoms with van der Waals surface area (Å²) in [6.07, 6.45) is 7.12. The Morgan fingerprint density at radius 1 is 0.370 bits per heavy atom. The zero-order valence-electron chi connectivity index (χ0n) is 30.4. The summed E-state index contributed by atoms with van der Waals surface area (Å²) in [5, 5.41) is 0. The fourth-order valence-corrected chi connectivity index (χ4v) is 12.6. The van der Waals surface area contributed by atoms with Crippen molar-refractivity contribution in [1.29, 1.82) is 0 Å².